The quantitative estimate of drug-likeness (QED) is 0.381. The summed E-state index contributed by atoms with van der Waals surface area (Å²) >= 11 is 0. The molecule has 0 radical (unpaired) electrons. The van der Waals surface area contributed by atoms with Crippen molar-refractivity contribution < 1.29 is 23.5 Å². The Labute approximate surface area is 168 Å². The third kappa shape index (κ3) is 6.11. The van der Waals surface area contributed by atoms with Crippen molar-refractivity contribution in [3.05, 3.63) is 52.6 Å². The molecule has 0 spiro atoms. The highest BCUT2D eigenvalue weighted by atomic mass is 31.2. The van der Waals surface area contributed by atoms with Crippen LogP contribution in [0.4, 0.5) is 0 Å². The molecule has 0 atom stereocenters. The maximum absolute atomic E-state index is 12.1. The second kappa shape index (κ2) is 9.50. The zero-order valence-electron chi connectivity index (χ0n) is 16.3. The first-order chi connectivity index (χ1) is 13.9. The van der Waals surface area contributed by atoms with Gasteiger partial charge in [0.1, 0.15) is 12.1 Å². The summed E-state index contributed by atoms with van der Waals surface area (Å²) in [7, 11) is -4.22. The summed E-state index contributed by atoms with van der Waals surface area (Å²) in [6, 6.07) is 10.00. The Morgan fingerprint density at radius 1 is 1.21 bits per heavy atom. The molecule has 9 heteroatoms. The minimum Gasteiger partial charge on any atom is -0.437 e. The minimum atomic E-state index is -4.22. The normalized spacial score (nSPS) is 12.0. The van der Waals surface area contributed by atoms with Crippen molar-refractivity contribution in [2.24, 2.45) is 0 Å². The van der Waals surface area contributed by atoms with Gasteiger partial charge in [-0.2, -0.15) is 4.98 Å². The Morgan fingerprint density at radius 3 is 2.66 bits per heavy atom. The molecule has 0 bridgehead atoms. The lowest BCUT2D eigenvalue weighted by atomic mass is 10.0. The standard InChI is InChI=1S/C20H25N2O6P/c1-2-3-4-5-15-6-8-16(9-7-15)18-12-17-13-22(20(23)21-19(17)28-18)10-11-27-14-29(24,25)26/h6-9,12-13H,2-5,10-11,14H2,1H3,(H2,24,25,26). The largest absolute Gasteiger partial charge is 0.437 e. The van der Waals surface area contributed by atoms with E-state index in [1.807, 2.05) is 18.2 Å². The van der Waals surface area contributed by atoms with Gasteiger partial charge in [0.25, 0.3) is 0 Å². The van der Waals surface area contributed by atoms with E-state index >= 15 is 0 Å². The van der Waals surface area contributed by atoms with Crippen LogP contribution < -0.4 is 5.69 Å². The molecule has 0 saturated carbocycles. The van der Waals surface area contributed by atoms with E-state index < -0.39 is 19.6 Å². The van der Waals surface area contributed by atoms with Crippen LogP contribution in [0.3, 0.4) is 0 Å². The Bertz CT molecular complexity index is 1050. The highest BCUT2D eigenvalue weighted by Crippen LogP contribution is 2.33. The van der Waals surface area contributed by atoms with Crippen LogP contribution in [0, 0.1) is 0 Å². The van der Waals surface area contributed by atoms with E-state index in [9.17, 15) is 9.36 Å². The number of aromatic nitrogens is 2. The molecule has 29 heavy (non-hydrogen) atoms. The first kappa shape index (κ1) is 21.5. The Hall–Kier alpha value is -2.25. The van der Waals surface area contributed by atoms with Gasteiger partial charge in [-0.05, 0) is 24.5 Å². The fraction of sp³-hybridized carbons (Fsp3) is 0.400. The second-order valence-corrected chi connectivity index (χ2v) is 8.53. The highest BCUT2D eigenvalue weighted by molar-refractivity contribution is 7.51. The zero-order valence-corrected chi connectivity index (χ0v) is 17.2. The molecule has 2 N–H and O–H groups in total. The van der Waals surface area contributed by atoms with E-state index in [1.165, 1.54) is 29.4 Å². The molecule has 0 fully saturated rings. The average molecular weight is 420 g/mol. The zero-order chi connectivity index (χ0) is 20.9. The Balaban J connectivity index is 1.71. The van der Waals surface area contributed by atoms with Gasteiger partial charge in [0.2, 0.25) is 5.71 Å². The number of aryl methyl sites for hydroxylation is 1. The molecule has 2 heterocycles. The number of ether oxygens (including phenoxy) is 1. The number of benzene rings is 1. The van der Waals surface area contributed by atoms with Crippen LogP contribution in [-0.4, -0.2) is 32.3 Å². The van der Waals surface area contributed by atoms with Gasteiger partial charge in [-0.1, -0.05) is 44.0 Å². The Morgan fingerprint density at radius 2 is 1.97 bits per heavy atom. The van der Waals surface area contributed by atoms with Crippen molar-refractivity contribution in [3.63, 3.8) is 0 Å². The minimum absolute atomic E-state index is 0.0115. The van der Waals surface area contributed by atoms with Gasteiger partial charge in [0, 0.05) is 11.8 Å². The maximum Gasteiger partial charge on any atom is 0.350 e. The summed E-state index contributed by atoms with van der Waals surface area (Å²) in [5.41, 5.74) is 1.94. The van der Waals surface area contributed by atoms with Crippen molar-refractivity contribution >= 4 is 18.7 Å². The summed E-state index contributed by atoms with van der Waals surface area (Å²) < 4.78 is 22.8. The predicted octanol–water partition coefficient (Wildman–Crippen LogP) is 3.54. The molecule has 0 saturated heterocycles. The van der Waals surface area contributed by atoms with Crippen LogP contribution in [0.25, 0.3) is 22.4 Å². The summed E-state index contributed by atoms with van der Waals surface area (Å²) in [5.74, 6) is 0.627. The first-order valence-electron chi connectivity index (χ1n) is 9.58. The SMILES string of the molecule is CCCCCc1ccc(-c2cc3cn(CCOCP(=O)(O)O)c(=O)nc3o2)cc1. The van der Waals surface area contributed by atoms with Crippen molar-refractivity contribution in [2.45, 2.75) is 39.2 Å². The van der Waals surface area contributed by atoms with Crippen LogP contribution in [0.15, 0.2) is 45.7 Å². The van der Waals surface area contributed by atoms with Crippen LogP contribution in [0.5, 0.6) is 0 Å². The molecule has 0 aliphatic carbocycles. The van der Waals surface area contributed by atoms with Crippen molar-refractivity contribution in [1.82, 2.24) is 9.55 Å². The van der Waals surface area contributed by atoms with Gasteiger partial charge in [-0.3, -0.25) is 9.13 Å². The molecule has 0 unspecified atom stereocenters. The first-order valence-corrected chi connectivity index (χ1v) is 11.4. The summed E-state index contributed by atoms with van der Waals surface area (Å²) in [6.45, 7) is 2.31. The lowest BCUT2D eigenvalue weighted by molar-refractivity contribution is 0.148. The molecule has 0 aliphatic rings. The number of hydrogen-bond donors (Lipinski definition) is 2. The number of rotatable bonds is 10. The molecule has 3 rings (SSSR count). The number of furan rings is 1. The van der Waals surface area contributed by atoms with Crippen molar-refractivity contribution in [1.29, 1.82) is 0 Å². The van der Waals surface area contributed by atoms with Gasteiger partial charge in [-0.25, -0.2) is 4.79 Å². The smallest absolute Gasteiger partial charge is 0.350 e. The third-order valence-corrected chi connectivity index (χ3v) is 5.04. The monoisotopic (exact) mass is 420 g/mol. The summed E-state index contributed by atoms with van der Waals surface area (Å²) in [6.07, 6.45) is 5.58. The molecule has 156 valence electrons. The molecule has 0 aliphatic heterocycles. The lowest BCUT2D eigenvalue weighted by Gasteiger charge is -2.07. The number of unbranched alkanes of at least 4 members (excludes halogenated alkanes) is 2. The van der Waals surface area contributed by atoms with Crippen molar-refractivity contribution in [2.75, 3.05) is 13.0 Å². The number of fused-ring (bicyclic) bond motifs is 1. The van der Waals surface area contributed by atoms with E-state index in [0.717, 1.165) is 12.0 Å². The van der Waals surface area contributed by atoms with Crippen LogP contribution in [-0.2, 0) is 22.3 Å². The fourth-order valence-electron chi connectivity index (χ4n) is 3.01. The lowest BCUT2D eigenvalue weighted by Crippen LogP contribution is -2.24. The molecular formula is C20H25N2O6P. The molecule has 2 aromatic heterocycles. The van der Waals surface area contributed by atoms with E-state index in [4.69, 9.17) is 18.9 Å². The van der Waals surface area contributed by atoms with Gasteiger partial charge >= 0.3 is 13.3 Å². The Kier molecular flexibility index (Phi) is 7.03. The molecular weight excluding hydrogens is 395 g/mol. The van der Waals surface area contributed by atoms with Crippen LogP contribution >= 0.6 is 7.60 Å². The predicted molar refractivity (Wildman–Crippen MR) is 110 cm³/mol. The molecule has 1 aromatic carbocycles. The molecule has 3 aromatic rings. The van der Waals surface area contributed by atoms with Gasteiger partial charge in [-0.15, -0.1) is 0 Å². The average Bonchev–Trinajstić information content (AvgIpc) is 3.08. The van der Waals surface area contributed by atoms with Crippen LogP contribution in [0.2, 0.25) is 0 Å². The van der Waals surface area contributed by atoms with Crippen molar-refractivity contribution in [3.8, 4) is 11.3 Å². The highest BCUT2D eigenvalue weighted by Gasteiger charge is 2.13. The molecule has 0 amide bonds. The van der Waals surface area contributed by atoms with E-state index in [1.54, 1.807) is 6.20 Å². The van der Waals surface area contributed by atoms with E-state index in [0.29, 0.717) is 11.1 Å². The summed E-state index contributed by atoms with van der Waals surface area (Å²) in [5, 5.41) is 0.668. The number of nitrogens with zero attached hydrogens (tertiary/aromatic N) is 2. The van der Waals surface area contributed by atoms with Gasteiger partial charge in [0.15, 0.2) is 0 Å². The number of hydrogen-bond acceptors (Lipinski definition) is 5. The van der Waals surface area contributed by atoms with Gasteiger partial charge in [0.05, 0.1) is 18.5 Å². The fourth-order valence-corrected chi connectivity index (χ4v) is 3.38. The van der Waals surface area contributed by atoms with Gasteiger partial charge < -0.3 is 18.9 Å². The third-order valence-electron chi connectivity index (χ3n) is 4.52. The summed E-state index contributed by atoms with van der Waals surface area (Å²) in [4.78, 5) is 33.6. The van der Waals surface area contributed by atoms with E-state index in [-0.39, 0.29) is 18.9 Å². The van der Waals surface area contributed by atoms with E-state index in [2.05, 4.69) is 24.0 Å². The molecule has 8 nitrogen and oxygen atoms in total. The van der Waals surface area contributed by atoms with Crippen LogP contribution in [0.1, 0.15) is 31.7 Å². The second-order valence-electron chi connectivity index (χ2n) is 6.94. The maximum atomic E-state index is 12.1. The topological polar surface area (TPSA) is 115 Å².